The van der Waals surface area contributed by atoms with Crippen molar-refractivity contribution in [2.24, 2.45) is 0 Å². The van der Waals surface area contributed by atoms with Crippen molar-refractivity contribution in [3.8, 4) is 0 Å². The van der Waals surface area contributed by atoms with Crippen LogP contribution in [0.4, 0.5) is 0 Å². The predicted molar refractivity (Wildman–Crippen MR) is 92.8 cm³/mol. The van der Waals surface area contributed by atoms with Crippen LogP contribution < -0.4 is 0 Å². The summed E-state index contributed by atoms with van der Waals surface area (Å²) in [6.07, 6.45) is 21.8. The van der Waals surface area contributed by atoms with Gasteiger partial charge in [-0.2, -0.15) is 0 Å². The number of ether oxygens (including phenoxy) is 1. The summed E-state index contributed by atoms with van der Waals surface area (Å²) in [4.78, 5) is 10.9. The lowest BCUT2D eigenvalue weighted by Gasteiger charge is -1.99. The Labute approximate surface area is 136 Å². The van der Waals surface area contributed by atoms with Gasteiger partial charge in [0, 0.05) is 13.0 Å². The van der Waals surface area contributed by atoms with E-state index in [1.54, 1.807) is 0 Å². The maximum Gasteiger partial charge on any atom is 0.305 e. The van der Waals surface area contributed by atoms with Gasteiger partial charge in [0.15, 0.2) is 0 Å². The molecule has 0 aromatic rings. The van der Waals surface area contributed by atoms with Gasteiger partial charge in [0.05, 0.1) is 7.11 Å². The lowest BCUT2D eigenvalue weighted by molar-refractivity contribution is -0.140. The van der Waals surface area contributed by atoms with E-state index in [0.29, 0.717) is 13.0 Å². The van der Waals surface area contributed by atoms with Crippen LogP contribution in [0.15, 0.2) is 24.3 Å². The van der Waals surface area contributed by atoms with Crippen LogP contribution >= 0.6 is 0 Å². The average Bonchev–Trinajstić information content (AvgIpc) is 2.54. The van der Waals surface area contributed by atoms with E-state index in [-0.39, 0.29) is 5.97 Å². The molecule has 0 bridgehead atoms. The highest BCUT2D eigenvalue weighted by molar-refractivity contribution is 5.68. The van der Waals surface area contributed by atoms with Crippen molar-refractivity contribution in [1.29, 1.82) is 0 Å². The van der Waals surface area contributed by atoms with E-state index in [2.05, 4.69) is 29.0 Å². The molecule has 3 nitrogen and oxygen atoms in total. The van der Waals surface area contributed by atoms with E-state index < -0.39 is 0 Å². The van der Waals surface area contributed by atoms with Gasteiger partial charge in [0.25, 0.3) is 0 Å². The van der Waals surface area contributed by atoms with Crippen LogP contribution in [0.3, 0.4) is 0 Å². The fourth-order valence-corrected chi connectivity index (χ4v) is 2.22. The maximum atomic E-state index is 10.9. The summed E-state index contributed by atoms with van der Waals surface area (Å²) in [5.41, 5.74) is 0. The third-order valence-electron chi connectivity index (χ3n) is 3.61. The van der Waals surface area contributed by atoms with Crippen molar-refractivity contribution >= 4 is 5.97 Å². The van der Waals surface area contributed by atoms with Crippen molar-refractivity contribution < 1.29 is 14.6 Å². The third kappa shape index (κ3) is 17.0. The van der Waals surface area contributed by atoms with E-state index in [1.165, 1.54) is 32.8 Å². The Morgan fingerprint density at radius 1 is 0.818 bits per heavy atom. The number of allylic oxidation sites excluding steroid dienone is 4. The highest BCUT2D eigenvalue weighted by atomic mass is 16.5. The van der Waals surface area contributed by atoms with Crippen LogP contribution in [0.5, 0.6) is 0 Å². The first kappa shape index (κ1) is 20.9. The Balaban J connectivity index is 3.20. The molecule has 0 aromatic heterocycles. The molecule has 22 heavy (non-hydrogen) atoms. The van der Waals surface area contributed by atoms with Gasteiger partial charge in [-0.25, -0.2) is 0 Å². The maximum absolute atomic E-state index is 10.9. The van der Waals surface area contributed by atoms with Crippen LogP contribution in [-0.2, 0) is 9.53 Å². The first-order valence-corrected chi connectivity index (χ1v) is 8.79. The second kappa shape index (κ2) is 18.0. The number of unbranched alkanes of at least 4 members (excludes halogenated alkanes) is 8. The van der Waals surface area contributed by atoms with Gasteiger partial charge < -0.3 is 9.84 Å². The van der Waals surface area contributed by atoms with Crippen molar-refractivity contribution in [2.45, 2.75) is 77.0 Å². The molecule has 0 aliphatic rings. The van der Waals surface area contributed by atoms with Crippen molar-refractivity contribution in [1.82, 2.24) is 0 Å². The summed E-state index contributed by atoms with van der Waals surface area (Å²) in [5.74, 6) is -0.0932. The molecule has 0 fully saturated rings. The number of carbonyl (C=O) groups is 1. The Bertz CT molecular complexity index is 295. The topological polar surface area (TPSA) is 46.5 Å². The van der Waals surface area contributed by atoms with Gasteiger partial charge in [0.1, 0.15) is 0 Å². The summed E-state index contributed by atoms with van der Waals surface area (Å²) in [7, 11) is 1.45. The highest BCUT2D eigenvalue weighted by Crippen LogP contribution is 2.08. The van der Waals surface area contributed by atoms with Gasteiger partial charge in [-0.05, 0) is 44.9 Å². The average molecular weight is 310 g/mol. The molecule has 0 saturated heterocycles. The molecule has 0 amide bonds. The summed E-state index contributed by atoms with van der Waals surface area (Å²) in [6, 6.07) is 0. The molecular formula is C19H34O3. The minimum absolute atomic E-state index is 0.0932. The zero-order chi connectivity index (χ0) is 16.3. The molecule has 0 aliphatic carbocycles. The van der Waals surface area contributed by atoms with E-state index in [4.69, 9.17) is 5.11 Å². The van der Waals surface area contributed by atoms with E-state index in [9.17, 15) is 4.79 Å². The van der Waals surface area contributed by atoms with Gasteiger partial charge in [-0.3, -0.25) is 4.79 Å². The molecule has 0 spiro atoms. The Morgan fingerprint density at radius 2 is 1.36 bits per heavy atom. The molecule has 0 radical (unpaired) electrons. The van der Waals surface area contributed by atoms with Crippen LogP contribution in [0, 0.1) is 0 Å². The molecule has 0 rings (SSSR count). The number of aliphatic hydroxyl groups excluding tert-OH is 1. The Morgan fingerprint density at radius 3 is 1.95 bits per heavy atom. The zero-order valence-electron chi connectivity index (χ0n) is 14.3. The van der Waals surface area contributed by atoms with Gasteiger partial charge in [0.2, 0.25) is 0 Å². The molecule has 0 saturated carbocycles. The molecule has 128 valence electrons. The summed E-state index contributed by atoms with van der Waals surface area (Å²) in [5, 5.41) is 8.66. The summed E-state index contributed by atoms with van der Waals surface area (Å²) in [6.45, 7) is 0.317. The number of hydrogen-bond donors (Lipinski definition) is 1. The molecular weight excluding hydrogens is 276 g/mol. The lowest BCUT2D eigenvalue weighted by Crippen LogP contribution is -1.98. The molecule has 0 atom stereocenters. The Hall–Kier alpha value is -1.09. The summed E-state index contributed by atoms with van der Waals surface area (Å²) >= 11 is 0. The third-order valence-corrected chi connectivity index (χ3v) is 3.61. The number of esters is 1. The van der Waals surface area contributed by atoms with Crippen molar-refractivity contribution in [3.05, 3.63) is 24.3 Å². The fraction of sp³-hybridized carbons (Fsp3) is 0.737. The van der Waals surface area contributed by atoms with E-state index in [0.717, 1.165) is 44.9 Å². The van der Waals surface area contributed by atoms with E-state index in [1.807, 2.05) is 0 Å². The number of methoxy groups -OCH3 is 1. The quantitative estimate of drug-likeness (QED) is 0.264. The minimum Gasteiger partial charge on any atom is -0.469 e. The monoisotopic (exact) mass is 310 g/mol. The fourth-order valence-electron chi connectivity index (χ4n) is 2.22. The van der Waals surface area contributed by atoms with Crippen molar-refractivity contribution in [3.63, 3.8) is 0 Å². The molecule has 3 heteroatoms. The number of aliphatic hydroxyl groups is 1. The normalized spacial score (nSPS) is 11.5. The van der Waals surface area contributed by atoms with Crippen LogP contribution in [-0.4, -0.2) is 24.8 Å². The molecule has 0 unspecified atom stereocenters. The number of carbonyl (C=O) groups excluding carboxylic acids is 1. The number of hydrogen-bond acceptors (Lipinski definition) is 3. The largest absolute Gasteiger partial charge is 0.469 e. The smallest absolute Gasteiger partial charge is 0.305 e. The van der Waals surface area contributed by atoms with Gasteiger partial charge >= 0.3 is 5.97 Å². The van der Waals surface area contributed by atoms with Crippen LogP contribution in [0.25, 0.3) is 0 Å². The molecule has 1 N–H and O–H groups in total. The van der Waals surface area contributed by atoms with Crippen LogP contribution in [0.2, 0.25) is 0 Å². The standard InChI is InChI=1S/C19H34O3/c1-22-19(21)17-15-13-11-9-7-5-3-2-4-6-8-10-12-14-16-18-20/h2-3,6,8,20H,4-5,7,9-18H2,1H3/b3-2-,8-6-. The highest BCUT2D eigenvalue weighted by Gasteiger charge is 1.98. The Kier molecular flexibility index (Phi) is 17.1. The lowest BCUT2D eigenvalue weighted by atomic mass is 10.1. The first-order chi connectivity index (χ1) is 10.8. The number of rotatable bonds is 15. The molecule has 0 aliphatic heterocycles. The minimum atomic E-state index is -0.0932. The second-order valence-electron chi connectivity index (χ2n) is 5.63. The van der Waals surface area contributed by atoms with Gasteiger partial charge in [-0.1, -0.05) is 50.0 Å². The predicted octanol–water partition coefficient (Wildman–Crippen LogP) is 4.95. The zero-order valence-corrected chi connectivity index (χ0v) is 14.3. The SMILES string of the molecule is COC(=O)CCCCCCC/C=C\C/C=C\CCCCCO. The van der Waals surface area contributed by atoms with Crippen LogP contribution in [0.1, 0.15) is 77.0 Å². The second-order valence-corrected chi connectivity index (χ2v) is 5.63. The van der Waals surface area contributed by atoms with E-state index >= 15 is 0 Å². The van der Waals surface area contributed by atoms with Crippen molar-refractivity contribution in [2.75, 3.05) is 13.7 Å². The molecule has 0 aromatic carbocycles. The summed E-state index contributed by atoms with van der Waals surface area (Å²) < 4.78 is 4.61. The van der Waals surface area contributed by atoms with Gasteiger partial charge in [-0.15, -0.1) is 0 Å². The molecule has 0 heterocycles. The first-order valence-electron chi connectivity index (χ1n) is 8.79.